The zero-order valence-corrected chi connectivity index (χ0v) is 18.2. The number of aryl methyl sites for hydroxylation is 1. The second-order valence-corrected chi connectivity index (χ2v) is 9.47. The lowest BCUT2D eigenvalue weighted by Gasteiger charge is -2.24. The molecule has 0 fully saturated rings. The van der Waals surface area contributed by atoms with Gasteiger partial charge in [-0.25, -0.2) is 8.42 Å². The van der Waals surface area contributed by atoms with Crippen LogP contribution in [0.4, 0.5) is 0 Å². The summed E-state index contributed by atoms with van der Waals surface area (Å²) in [4.78, 5) is 4.54. The van der Waals surface area contributed by atoms with Gasteiger partial charge >= 0.3 is 0 Å². The number of hydrogen-bond donors (Lipinski definition) is 0. The summed E-state index contributed by atoms with van der Waals surface area (Å²) in [5.41, 5.74) is 1.12. The van der Waals surface area contributed by atoms with Crippen molar-refractivity contribution in [1.29, 1.82) is 0 Å². The third-order valence-corrected chi connectivity index (χ3v) is 6.37. The second kappa shape index (κ2) is 11.9. The molecule has 0 N–H and O–H groups in total. The first-order chi connectivity index (χ1) is 12.3. The summed E-state index contributed by atoms with van der Waals surface area (Å²) in [7, 11) is 4.55. The molecule has 0 amide bonds. The van der Waals surface area contributed by atoms with Crippen molar-refractivity contribution >= 4 is 21.6 Å². The Bertz CT molecular complexity index is 590. The minimum Gasteiger partial charge on any atom is -0.309 e. The van der Waals surface area contributed by atoms with E-state index in [0.29, 0.717) is 23.9 Å². The molecule has 0 heterocycles. The fourth-order valence-corrected chi connectivity index (χ4v) is 4.38. The Labute approximate surface area is 165 Å². The van der Waals surface area contributed by atoms with Gasteiger partial charge in [0.2, 0.25) is 10.0 Å². The van der Waals surface area contributed by atoms with Crippen molar-refractivity contribution in [1.82, 2.24) is 14.1 Å². The van der Waals surface area contributed by atoms with Crippen molar-refractivity contribution in [2.45, 2.75) is 30.6 Å². The van der Waals surface area contributed by atoms with Crippen molar-refractivity contribution < 1.29 is 8.42 Å². The van der Waals surface area contributed by atoms with Crippen LogP contribution < -0.4 is 0 Å². The van der Waals surface area contributed by atoms with Crippen LogP contribution in [0.15, 0.2) is 29.2 Å². The second-order valence-electron chi connectivity index (χ2n) is 7.15. The molecule has 26 heavy (non-hydrogen) atoms. The van der Waals surface area contributed by atoms with Crippen molar-refractivity contribution in [3.8, 4) is 0 Å². The molecule has 0 saturated heterocycles. The first-order valence-corrected chi connectivity index (χ1v) is 11.2. The van der Waals surface area contributed by atoms with Crippen LogP contribution in [0.5, 0.6) is 0 Å². The summed E-state index contributed by atoms with van der Waals surface area (Å²) in [5, 5.41) is 0. The zero-order valence-electron chi connectivity index (χ0n) is 16.6. The zero-order chi connectivity index (χ0) is 19.6. The normalized spacial score (nSPS) is 12.5. The topological polar surface area (TPSA) is 43.9 Å². The van der Waals surface area contributed by atoms with E-state index < -0.39 is 10.0 Å². The maximum atomic E-state index is 13.1. The Kier molecular flexibility index (Phi) is 10.7. The molecule has 0 unspecified atom stereocenters. The van der Waals surface area contributed by atoms with Gasteiger partial charge in [-0.3, -0.25) is 0 Å². The van der Waals surface area contributed by atoms with E-state index in [2.05, 4.69) is 9.80 Å². The number of nitrogens with zero attached hydrogens (tertiary/aromatic N) is 3. The van der Waals surface area contributed by atoms with Gasteiger partial charge in [-0.15, -0.1) is 11.6 Å². The maximum absolute atomic E-state index is 13.1. The lowest BCUT2D eigenvalue weighted by atomic mass is 10.1. The van der Waals surface area contributed by atoms with E-state index in [1.165, 1.54) is 0 Å². The highest BCUT2D eigenvalue weighted by Crippen LogP contribution is 2.18. The lowest BCUT2D eigenvalue weighted by Crippen LogP contribution is -2.35. The van der Waals surface area contributed by atoms with Gasteiger partial charge in [0, 0.05) is 19.0 Å². The summed E-state index contributed by atoms with van der Waals surface area (Å²) in [5.74, 6) is 0.617. The van der Waals surface area contributed by atoms with Gasteiger partial charge in [0.1, 0.15) is 0 Å². The van der Waals surface area contributed by atoms with Gasteiger partial charge in [0.25, 0.3) is 0 Å². The molecule has 0 aliphatic heterocycles. The number of alkyl halides is 1. The monoisotopic (exact) mass is 403 g/mol. The van der Waals surface area contributed by atoms with Gasteiger partial charge < -0.3 is 9.80 Å². The van der Waals surface area contributed by atoms with Gasteiger partial charge in [-0.05, 0) is 84.7 Å². The standard InChI is InChI=1S/C19H34ClN3O2S/c1-21(2)14-6-16-23(17-7-15-22(3)4)26(24,25)19-11-9-18(10-12-19)8-5-13-20/h9-12H,5-8,13-17H2,1-4H3. The molecule has 150 valence electrons. The first-order valence-electron chi connectivity index (χ1n) is 9.22. The first kappa shape index (κ1) is 23.4. The molecule has 0 aliphatic carbocycles. The van der Waals surface area contributed by atoms with Crippen molar-refractivity contribution in [3.63, 3.8) is 0 Å². The van der Waals surface area contributed by atoms with E-state index in [-0.39, 0.29) is 0 Å². The number of sulfonamides is 1. The van der Waals surface area contributed by atoms with Crippen LogP contribution in [0, 0.1) is 0 Å². The van der Waals surface area contributed by atoms with E-state index in [0.717, 1.165) is 44.3 Å². The van der Waals surface area contributed by atoms with Gasteiger partial charge in [0.15, 0.2) is 0 Å². The predicted octanol–water partition coefficient (Wildman–Crippen LogP) is 2.75. The molecule has 0 saturated carbocycles. The third-order valence-electron chi connectivity index (χ3n) is 4.19. The molecule has 0 bridgehead atoms. The Morgan fingerprint density at radius 1 is 0.808 bits per heavy atom. The van der Waals surface area contributed by atoms with Crippen molar-refractivity contribution in [2.24, 2.45) is 0 Å². The summed E-state index contributed by atoms with van der Waals surface area (Å²) in [6.07, 6.45) is 3.41. The summed E-state index contributed by atoms with van der Waals surface area (Å²) in [6, 6.07) is 7.25. The van der Waals surface area contributed by atoms with Gasteiger partial charge in [0.05, 0.1) is 4.90 Å². The average molecular weight is 404 g/mol. The number of hydrogen-bond acceptors (Lipinski definition) is 4. The molecular weight excluding hydrogens is 370 g/mol. The fourth-order valence-electron chi connectivity index (χ4n) is 2.73. The van der Waals surface area contributed by atoms with Crippen molar-refractivity contribution in [2.75, 3.05) is 60.2 Å². The van der Waals surface area contributed by atoms with E-state index in [4.69, 9.17) is 11.6 Å². The van der Waals surface area contributed by atoms with Crippen LogP contribution in [-0.4, -0.2) is 82.8 Å². The Hall–Kier alpha value is -0.660. The number of benzene rings is 1. The Morgan fingerprint density at radius 2 is 1.31 bits per heavy atom. The van der Waals surface area contributed by atoms with E-state index in [1.807, 2.05) is 40.3 Å². The minimum atomic E-state index is -3.46. The van der Waals surface area contributed by atoms with Crippen LogP contribution in [0.1, 0.15) is 24.8 Å². The fraction of sp³-hybridized carbons (Fsp3) is 0.684. The van der Waals surface area contributed by atoms with Crippen LogP contribution >= 0.6 is 11.6 Å². The molecule has 7 heteroatoms. The largest absolute Gasteiger partial charge is 0.309 e. The summed E-state index contributed by atoms with van der Waals surface area (Å²) in [6.45, 7) is 2.83. The number of rotatable bonds is 13. The molecule has 1 aromatic rings. The minimum absolute atomic E-state index is 0.377. The molecule has 5 nitrogen and oxygen atoms in total. The van der Waals surface area contributed by atoms with E-state index in [1.54, 1.807) is 16.4 Å². The highest BCUT2D eigenvalue weighted by molar-refractivity contribution is 7.89. The Morgan fingerprint density at radius 3 is 1.73 bits per heavy atom. The molecule has 0 aromatic heterocycles. The molecule has 0 atom stereocenters. The average Bonchev–Trinajstić information content (AvgIpc) is 2.58. The predicted molar refractivity (Wildman–Crippen MR) is 111 cm³/mol. The van der Waals surface area contributed by atoms with Gasteiger partial charge in [-0.2, -0.15) is 4.31 Å². The lowest BCUT2D eigenvalue weighted by molar-refractivity contribution is 0.326. The summed E-state index contributed by atoms with van der Waals surface area (Å²) >= 11 is 5.73. The Balaban J connectivity index is 2.85. The van der Waals surface area contributed by atoms with Crippen LogP contribution in [-0.2, 0) is 16.4 Å². The summed E-state index contributed by atoms with van der Waals surface area (Å²) < 4.78 is 27.8. The maximum Gasteiger partial charge on any atom is 0.243 e. The molecule has 0 spiro atoms. The number of halogens is 1. The third kappa shape index (κ3) is 8.35. The van der Waals surface area contributed by atoms with Gasteiger partial charge in [-0.1, -0.05) is 12.1 Å². The molecule has 1 aromatic carbocycles. The highest BCUT2D eigenvalue weighted by Gasteiger charge is 2.23. The molecule has 1 rings (SSSR count). The molecule has 0 aliphatic rings. The van der Waals surface area contributed by atoms with Crippen molar-refractivity contribution in [3.05, 3.63) is 29.8 Å². The smallest absolute Gasteiger partial charge is 0.243 e. The van der Waals surface area contributed by atoms with Crippen LogP contribution in [0.3, 0.4) is 0 Å². The van der Waals surface area contributed by atoms with Crippen LogP contribution in [0.25, 0.3) is 0 Å². The molecular formula is C19H34ClN3O2S. The SMILES string of the molecule is CN(C)CCCN(CCCN(C)C)S(=O)(=O)c1ccc(CCCCl)cc1. The molecule has 0 radical (unpaired) electrons. The van der Waals surface area contributed by atoms with Crippen LogP contribution in [0.2, 0.25) is 0 Å². The quantitative estimate of drug-likeness (QED) is 0.475. The van der Waals surface area contributed by atoms with E-state index in [9.17, 15) is 8.42 Å². The van der Waals surface area contributed by atoms with E-state index >= 15 is 0 Å². The highest BCUT2D eigenvalue weighted by atomic mass is 35.5.